The van der Waals surface area contributed by atoms with Gasteiger partial charge in [-0.3, -0.25) is 9.59 Å². The monoisotopic (exact) mass is 246 g/mol. The molecule has 0 aliphatic heterocycles. The van der Waals surface area contributed by atoms with E-state index in [4.69, 9.17) is 9.84 Å². The van der Waals surface area contributed by atoms with Crippen molar-refractivity contribution >= 4 is 11.9 Å². The first-order chi connectivity index (χ1) is 8.01. The molecule has 17 heavy (non-hydrogen) atoms. The van der Waals surface area contributed by atoms with Crippen LogP contribution in [0.15, 0.2) is 0 Å². The molecular formula is C12H22O5. The van der Waals surface area contributed by atoms with Crippen molar-refractivity contribution in [1.82, 2.24) is 0 Å². The molecule has 0 saturated heterocycles. The summed E-state index contributed by atoms with van der Waals surface area (Å²) in [5, 5.41) is 8.73. The lowest BCUT2D eigenvalue weighted by Gasteiger charge is -2.04. The summed E-state index contributed by atoms with van der Waals surface area (Å²) < 4.78 is 9.29. The molecule has 1 aliphatic rings. The molecule has 1 saturated carbocycles. The summed E-state index contributed by atoms with van der Waals surface area (Å²) in [5.74, 6) is -0.137. The number of carbonyl (C=O) groups excluding carboxylic acids is 2. The molecule has 1 unspecified atom stereocenters. The van der Waals surface area contributed by atoms with Crippen molar-refractivity contribution in [3.63, 3.8) is 0 Å². The van der Waals surface area contributed by atoms with E-state index >= 15 is 0 Å². The van der Waals surface area contributed by atoms with E-state index in [0.717, 1.165) is 12.8 Å². The van der Waals surface area contributed by atoms with E-state index < -0.39 is 6.10 Å². The van der Waals surface area contributed by atoms with Gasteiger partial charge in [0, 0.05) is 6.42 Å². The number of carbonyl (C=O) groups is 2. The molecule has 1 fully saturated rings. The van der Waals surface area contributed by atoms with Crippen LogP contribution >= 0.6 is 0 Å². The van der Waals surface area contributed by atoms with Crippen LogP contribution in [0.25, 0.3) is 0 Å². The highest BCUT2D eigenvalue weighted by molar-refractivity contribution is 5.74. The summed E-state index contributed by atoms with van der Waals surface area (Å²) >= 11 is 0. The van der Waals surface area contributed by atoms with Crippen molar-refractivity contribution in [3.8, 4) is 0 Å². The molecule has 0 spiro atoms. The molecule has 1 N–H and O–H groups in total. The zero-order chi connectivity index (χ0) is 13.3. The number of hydrogen-bond donors (Lipinski definition) is 1. The fourth-order valence-electron chi connectivity index (χ4n) is 0.903. The second kappa shape index (κ2) is 8.98. The van der Waals surface area contributed by atoms with Gasteiger partial charge in [0.1, 0.15) is 6.61 Å². The maximum Gasteiger partial charge on any atom is 0.309 e. The minimum Gasteiger partial charge on any atom is -0.466 e. The topological polar surface area (TPSA) is 72.8 Å². The van der Waals surface area contributed by atoms with Gasteiger partial charge in [0.2, 0.25) is 0 Å². The molecule has 0 aromatic rings. The molecule has 5 nitrogen and oxygen atoms in total. The van der Waals surface area contributed by atoms with Crippen molar-refractivity contribution in [2.24, 2.45) is 5.92 Å². The minimum atomic E-state index is -0.539. The Morgan fingerprint density at radius 2 is 1.88 bits per heavy atom. The lowest BCUT2D eigenvalue weighted by Crippen LogP contribution is -2.16. The van der Waals surface area contributed by atoms with Crippen LogP contribution in [0.2, 0.25) is 0 Å². The van der Waals surface area contributed by atoms with E-state index in [0.29, 0.717) is 13.0 Å². The summed E-state index contributed by atoms with van der Waals surface area (Å²) in [7, 11) is 0. The second-order valence-electron chi connectivity index (χ2n) is 3.91. The lowest BCUT2D eigenvalue weighted by molar-refractivity contribution is -0.147. The van der Waals surface area contributed by atoms with E-state index in [1.165, 1.54) is 0 Å². The predicted molar refractivity (Wildman–Crippen MR) is 62.3 cm³/mol. The van der Waals surface area contributed by atoms with Crippen LogP contribution in [0, 0.1) is 5.92 Å². The Morgan fingerprint density at radius 1 is 1.29 bits per heavy atom. The second-order valence-corrected chi connectivity index (χ2v) is 3.91. The van der Waals surface area contributed by atoms with Crippen LogP contribution in [0.5, 0.6) is 0 Å². The molecule has 1 atom stereocenters. The Hall–Kier alpha value is -1.10. The summed E-state index contributed by atoms with van der Waals surface area (Å²) in [6.45, 7) is 5.80. The van der Waals surface area contributed by atoms with Crippen LogP contribution in [-0.2, 0) is 19.1 Å². The molecule has 100 valence electrons. The van der Waals surface area contributed by atoms with Gasteiger partial charge in [0.25, 0.3) is 0 Å². The van der Waals surface area contributed by atoms with Crippen LogP contribution in [0.1, 0.15) is 40.0 Å². The Bertz CT molecular complexity index is 233. The smallest absolute Gasteiger partial charge is 0.309 e. The van der Waals surface area contributed by atoms with E-state index in [2.05, 4.69) is 4.74 Å². The molecule has 0 heterocycles. The Balaban J connectivity index is 0.000000325. The fourth-order valence-corrected chi connectivity index (χ4v) is 0.903. The Morgan fingerprint density at radius 3 is 2.18 bits per heavy atom. The van der Waals surface area contributed by atoms with Crippen LogP contribution in [-0.4, -0.2) is 36.4 Å². The van der Waals surface area contributed by atoms with Crippen molar-refractivity contribution in [2.75, 3.05) is 13.2 Å². The van der Waals surface area contributed by atoms with E-state index in [1.54, 1.807) is 20.8 Å². The SMILES string of the molecule is CC(O)COC(=O)C1CC1.CCOC(=O)CC. The zero-order valence-corrected chi connectivity index (χ0v) is 10.8. The number of esters is 2. The fraction of sp³-hybridized carbons (Fsp3) is 0.833. The third-order valence-corrected chi connectivity index (χ3v) is 1.97. The van der Waals surface area contributed by atoms with Gasteiger partial charge in [-0.25, -0.2) is 0 Å². The van der Waals surface area contributed by atoms with Gasteiger partial charge < -0.3 is 14.6 Å². The van der Waals surface area contributed by atoms with Gasteiger partial charge in [-0.1, -0.05) is 6.92 Å². The summed E-state index contributed by atoms with van der Waals surface area (Å²) in [5.41, 5.74) is 0. The van der Waals surface area contributed by atoms with Crippen molar-refractivity contribution < 1.29 is 24.2 Å². The molecule has 1 rings (SSSR count). The molecule has 0 amide bonds. The van der Waals surface area contributed by atoms with Gasteiger partial charge in [-0.05, 0) is 26.7 Å². The van der Waals surface area contributed by atoms with Crippen molar-refractivity contribution in [2.45, 2.75) is 46.1 Å². The standard InChI is InChI=1S/C7H12O3.C5H10O2/c1-5(8)4-10-7(9)6-2-3-6;1-3-5(6)7-4-2/h5-6,8H,2-4H2,1H3;3-4H2,1-2H3. The van der Waals surface area contributed by atoms with Gasteiger partial charge in [-0.15, -0.1) is 0 Å². The van der Waals surface area contributed by atoms with Gasteiger partial charge in [-0.2, -0.15) is 0 Å². The first-order valence-electron chi connectivity index (χ1n) is 6.01. The lowest BCUT2D eigenvalue weighted by atomic mass is 10.4. The molecule has 0 bridgehead atoms. The maximum atomic E-state index is 10.8. The average molecular weight is 246 g/mol. The number of hydrogen-bond acceptors (Lipinski definition) is 5. The molecule has 0 aromatic heterocycles. The largest absolute Gasteiger partial charge is 0.466 e. The average Bonchev–Trinajstić information content (AvgIpc) is 3.10. The van der Waals surface area contributed by atoms with E-state index in [1.807, 2.05) is 0 Å². The zero-order valence-electron chi connectivity index (χ0n) is 10.8. The van der Waals surface area contributed by atoms with Crippen molar-refractivity contribution in [3.05, 3.63) is 0 Å². The molecule has 0 aromatic carbocycles. The highest BCUT2D eigenvalue weighted by atomic mass is 16.5. The molecular weight excluding hydrogens is 224 g/mol. The number of ether oxygens (including phenoxy) is 2. The third-order valence-electron chi connectivity index (χ3n) is 1.97. The Kier molecular flexibility index (Phi) is 8.40. The van der Waals surface area contributed by atoms with Gasteiger partial charge in [0.15, 0.2) is 0 Å². The van der Waals surface area contributed by atoms with Gasteiger partial charge >= 0.3 is 11.9 Å². The number of aliphatic hydroxyl groups excluding tert-OH is 1. The normalized spacial score (nSPS) is 15.3. The molecule has 1 aliphatic carbocycles. The van der Waals surface area contributed by atoms with Crippen LogP contribution < -0.4 is 0 Å². The first-order valence-corrected chi connectivity index (χ1v) is 6.01. The van der Waals surface area contributed by atoms with Crippen molar-refractivity contribution in [1.29, 1.82) is 0 Å². The summed E-state index contributed by atoms with van der Waals surface area (Å²) in [6.07, 6.45) is 1.85. The maximum absolute atomic E-state index is 10.8. The quantitative estimate of drug-likeness (QED) is 0.740. The molecule has 0 radical (unpaired) electrons. The first kappa shape index (κ1) is 15.9. The minimum absolute atomic E-state index is 0.123. The summed E-state index contributed by atoms with van der Waals surface area (Å²) in [4.78, 5) is 21.0. The van der Waals surface area contributed by atoms with E-state index in [9.17, 15) is 9.59 Å². The number of aliphatic hydroxyl groups is 1. The Labute approximate surface area is 102 Å². The van der Waals surface area contributed by atoms with E-state index in [-0.39, 0.29) is 24.5 Å². The van der Waals surface area contributed by atoms with Gasteiger partial charge in [0.05, 0.1) is 18.6 Å². The van der Waals surface area contributed by atoms with Crippen LogP contribution in [0.4, 0.5) is 0 Å². The highest BCUT2D eigenvalue weighted by Gasteiger charge is 2.31. The predicted octanol–water partition coefficient (Wildman–Crippen LogP) is 1.28. The molecule has 5 heteroatoms. The van der Waals surface area contributed by atoms with Crippen LogP contribution in [0.3, 0.4) is 0 Å². The highest BCUT2D eigenvalue weighted by Crippen LogP contribution is 2.29. The number of rotatable bonds is 5. The third kappa shape index (κ3) is 9.81. The summed E-state index contributed by atoms with van der Waals surface area (Å²) in [6, 6.07) is 0.